The smallest absolute Gasteiger partial charge is 0.323 e. The van der Waals surface area contributed by atoms with Crippen molar-refractivity contribution in [3.05, 3.63) is 54.7 Å². The Balaban J connectivity index is 1.60. The van der Waals surface area contributed by atoms with Gasteiger partial charge in [0.05, 0.1) is 26.1 Å². The maximum Gasteiger partial charge on any atom is 0.323 e. The number of rotatable bonds is 7. The summed E-state index contributed by atoms with van der Waals surface area (Å²) in [7, 11) is 6.98. The summed E-state index contributed by atoms with van der Waals surface area (Å²) >= 11 is 0. The minimum atomic E-state index is -0.368. The molecule has 30 heavy (non-hydrogen) atoms. The summed E-state index contributed by atoms with van der Waals surface area (Å²) in [5, 5.41) is 16.8. The van der Waals surface area contributed by atoms with E-state index in [0.29, 0.717) is 28.7 Å². The highest BCUT2D eigenvalue weighted by molar-refractivity contribution is 6.00. The van der Waals surface area contributed by atoms with Crippen LogP contribution in [0.2, 0.25) is 0 Å². The Morgan fingerprint density at radius 3 is 2.17 bits per heavy atom. The van der Waals surface area contributed by atoms with E-state index < -0.39 is 0 Å². The molecule has 0 spiro atoms. The molecular weight excluding hydrogens is 384 g/mol. The highest BCUT2D eigenvalue weighted by Gasteiger charge is 2.08. The zero-order valence-corrected chi connectivity index (χ0v) is 17.3. The van der Waals surface area contributed by atoms with Crippen LogP contribution in [0, 0.1) is 0 Å². The molecule has 3 N–H and O–H groups in total. The molecule has 0 radical (unpaired) electrons. The average Bonchev–Trinajstić information content (AvgIpc) is 2.75. The largest absolute Gasteiger partial charge is 0.493 e. The highest BCUT2D eigenvalue weighted by atomic mass is 16.5. The van der Waals surface area contributed by atoms with Gasteiger partial charge >= 0.3 is 6.03 Å². The Labute approximate surface area is 175 Å². The van der Waals surface area contributed by atoms with Gasteiger partial charge in [-0.1, -0.05) is 0 Å². The van der Waals surface area contributed by atoms with Crippen LogP contribution in [-0.4, -0.2) is 44.5 Å². The predicted octanol–water partition coefficient (Wildman–Crippen LogP) is 3.95. The first kappa shape index (κ1) is 20.7. The lowest BCUT2D eigenvalue weighted by Gasteiger charge is -2.13. The third-order valence-electron chi connectivity index (χ3n) is 4.21. The van der Waals surface area contributed by atoms with E-state index in [9.17, 15) is 4.79 Å². The van der Waals surface area contributed by atoms with Gasteiger partial charge in [0.15, 0.2) is 17.3 Å². The van der Waals surface area contributed by atoms with Crippen LogP contribution in [0.5, 0.6) is 11.5 Å². The number of nitrogens with zero attached hydrogens (tertiary/aromatic N) is 3. The molecule has 1 heterocycles. The van der Waals surface area contributed by atoms with Crippen LogP contribution in [-0.2, 0) is 0 Å². The fourth-order valence-electron chi connectivity index (χ4n) is 2.65. The van der Waals surface area contributed by atoms with Crippen molar-refractivity contribution in [2.75, 3.05) is 49.2 Å². The number of benzene rings is 2. The van der Waals surface area contributed by atoms with Crippen molar-refractivity contribution in [2.45, 2.75) is 0 Å². The molecule has 0 saturated heterocycles. The van der Waals surface area contributed by atoms with Crippen LogP contribution < -0.4 is 30.3 Å². The van der Waals surface area contributed by atoms with E-state index in [1.807, 2.05) is 37.2 Å². The summed E-state index contributed by atoms with van der Waals surface area (Å²) < 4.78 is 10.4. The van der Waals surface area contributed by atoms with Crippen molar-refractivity contribution in [2.24, 2.45) is 0 Å². The van der Waals surface area contributed by atoms with Gasteiger partial charge in [-0.3, -0.25) is 0 Å². The number of carbonyl (C=O) groups is 1. The lowest BCUT2D eigenvalue weighted by molar-refractivity contribution is 0.262. The molecule has 156 valence electrons. The molecule has 2 amide bonds. The number of aromatic nitrogens is 2. The topological polar surface area (TPSA) is 101 Å². The van der Waals surface area contributed by atoms with Crippen LogP contribution in [0.1, 0.15) is 0 Å². The Bertz CT molecular complexity index is 1010. The number of hydrogen-bond donors (Lipinski definition) is 3. The van der Waals surface area contributed by atoms with Crippen LogP contribution in [0.15, 0.2) is 54.7 Å². The van der Waals surface area contributed by atoms with Gasteiger partial charge in [0.25, 0.3) is 0 Å². The van der Waals surface area contributed by atoms with E-state index in [0.717, 1.165) is 11.4 Å². The zero-order chi connectivity index (χ0) is 21.5. The number of carbonyl (C=O) groups excluding carboxylic acids is 1. The van der Waals surface area contributed by atoms with Crippen LogP contribution in [0.25, 0.3) is 0 Å². The van der Waals surface area contributed by atoms with Gasteiger partial charge in [-0.05, 0) is 36.4 Å². The second-order valence-corrected chi connectivity index (χ2v) is 6.54. The summed E-state index contributed by atoms with van der Waals surface area (Å²) in [5.74, 6) is 1.76. The third kappa shape index (κ3) is 5.28. The number of amides is 2. The van der Waals surface area contributed by atoms with Gasteiger partial charge in [0.1, 0.15) is 0 Å². The van der Waals surface area contributed by atoms with Gasteiger partial charge in [-0.2, -0.15) is 5.10 Å². The SMILES string of the molecule is COc1ccc(NC(=O)Nc2ccc(Nc3cc(N(C)C)cnn3)cc2)cc1OC. The molecule has 3 aromatic rings. The van der Waals surface area contributed by atoms with Crippen molar-refractivity contribution in [3.8, 4) is 11.5 Å². The Kier molecular flexibility index (Phi) is 6.53. The number of methoxy groups -OCH3 is 2. The molecular formula is C21H24N6O3. The summed E-state index contributed by atoms with van der Waals surface area (Å²) in [6.07, 6.45) is 1.69. The molecule has 9 heteroatoms. The first-order valence-electron chi connectivity index (χ1n) is 9.15. The van der Waals surface area contributed by atoms with Gasteiger partial charge in [-0.15, -0.1) is 5.10 Å². The number of ether oxygens (including phenoxy) is 2. The van der Waals surface area contributed by atoms with E-state index in [1.165, 1.54) is 0 Å². The maximum atomic E-state index is 12.3. The van der Waals surface area contributed by atoms with Crippen LogP contribution in [0.4, 0.5) is 33.4 Å². The molecule has 1 aromatic heterocycles. The van der Waals surface area contributed by atoms with Crippen molar-refractivity contribution >= 4 is 34.6 Å². The maximum absolute atomic E-state index is 12.3. The quantitative estimate of drug-likeness (QED) is 0.544. The van der Waals surface area contributed by atoms with Crippen LogP contribution >= 0.6 is 0 Å². The Morgan fingerprint density at radius 2 is 1.50 bits per heavy atom. The standard InChI is InChI=1S/C21H24N6O3/c1-27(2)17-12-20(26-22-13-17)23-14-5-7-15(8-6-14)24-21(28)25-16-9-10-18(29-3)19(11-16)30-4/h5-13H,1-4H3,(H,23,26)(H2,24,25,28). The average molecular weight is 408 g/mol. The molecule has 0 saturated carbocycles. The Hall–Kier alpha value is -4.01. The number of urea groups is 1. The fraction of sp³-hybridized carbons (Fsp3) is 0.190. The predicted molar refractivity (Wildman–Crippen MR) is 118 cm³/mol. The Morgan fingerprint density at radius 1 is 0.867 bits per heavy atom. The third-order valence-corrected chi connectivity index (χ3v) is 4.21. The molecule has 9 nitrogen and oxygen atoms in total. The molecule has 0 aliphatic rings. The number of nitrogens with one attached hydrogen (secondary N) is 3. The molecule has 0 bridgehead atoms. The van der Waals surface area contributed by atoms with E-state index in [-0.39, 0.29) is 6.03 Å². The van der Waals surface area contributed by atoms with E-state index in [2.05, 4.69) is 26.1 Å². The normalized spacial score (nSPS) is 10.1. The van der Waals surface area contributed by atoms with Crippen molar-refractivity contribution in [1.29, 1.82) is 0 Å². The second kappa shape index (κ2) is 9.46. The van der Waals surface area contributed by atoms with Gasteiger partial charge in [0, 0.05) is 43.3 Å². The lowest BCUT2D eigenvalue weighted by atomic mass is 10.2. The van der Waals surface area contributed by atoms with E-state index in [1.54, 1.807) is 50.7 Å². The van der Waals surface area contributed by atoms with Gasteiger partial charge < -0.3 is 30.3 Å². The van der Waals surface area contributed by atoms with Crippen LogP contribution in [0.3, 0.4) is 0 Å². The second-order valence-electron chi connectivity index (χ2n) is 6.54. The van der Waals surface area contributed by atoms with E-state index >= 15 is 0 Å². The number of anilines is 5. The summed E-state index contributed by atoms with van der Waals surface area (Å²) in [6.45, 7) is 0. The highest BCUT2D eigenvalue weighted by Crippen LogP contribution is 2.29. The lowest BCUT2D eigenvalue weighted by Crippen LogP contribution is -2.19. The van der Waals surface area contributed by atoms with E-state index in [4.69, 9.17) is 9.47 Å². The van der Waals surface area contributed by atoms with Crippen molar-refractivity contribution < 1.29 is 14.3 Å². The van der Waals surface area contributed by atoms with Gasteiger partial charge in [-0.25, -0.2) is 4.79 Å². The zero-order valence-electron chi connectivity index (χ0n) is 17.3. The summed E-state index contributed by atoms with van der Waals surface area (Å²) in [6, 6.07) is 13.9. The first-order chi connectivity index (χ1) is 14.5. The summed E-state index contributed by atoms with van der Waals surface area (Å²) in [4.78, 5) is 14.2. The summed E-state index contributed by atoms with van der Waals surface area (Å²) in [5.41, 5.74) is 3.00. The molecule has 0 atom stereocenters. The first-order valence-corrected chi connectivity index (χ1v) is 9.15. The molecule has 0 fully saturated rings. The van der Waals surface area contributed by atoms with Gasteiger partial charge in [0.2, 0.25) is 0 Å². The molecule has 3 rings (SSSR count). The van der Waals surface area contributed by atoms with Crippen molar-refractivity contribution in [3.63, 3.8) is 0 Å². The monoisotopic (exact) mass is 408 g/mol. The minimum Gasteiger partial charge on any atom is -0.493 e. The minimum absolute atomic E-state index is 0.368. The fourth-order valence-corrected chi connectivity index (χ4v) is 2.65. The molecule has 2 aromatic carbocycles. The molecule has 0 aliphatic carbocycles. The van der Waals surface area contributed by atoms with Crippen molar-refractivity contribution in [1.82, 2.24) is 10.2 Å². The molecule has 0 unspecified atom stereocenters. The number of hydrogen-bond acceptors (Lipinski definition) is 7. The molecule has 0 aliphatic heterocycles.